The van der Waals surface area contributed by atoms with Gasteiger partial charge in [-0.25, -0.2) is 0 Å². The molecule has 5 heteroatoms. The highest BCUT2D eigenvalue weighted by molar-refractivity contribution is 5.92. The maximum absolute atomic E-state index is 11.2. The lowest BCUT2D eigenvalue weighted by molar-refractivity contribution is -0.114. The predicted molar refractivity (Wildman–Crippen MR) is 80.0 cm³/mol. The average molecular weight is 277 g/mol. The quantitative estimate of drug-likeness (QED) is 0.824. The lowest BCUT2D eigenvalue weighted by Crippen LogP contribution is -2.25. The summed E-state index contributed by atoms with van der Waals surface area (Å²) in [5.41, 5.74) is 7.04. The normalized spacial score (nSPS) is 15.3. The smallest absolute Gasteiger partial charge is 0.238 e. The molecule has 0 atom stereocenters. The van der Waals surface area contributed by atoms with Crippen molar-refractivity contribution in [2.45, 2.75) is 19.8 Å². The van der Waals surface area contributed by atoms with Crippen molar-refractivity contribution in [3.63, 3.8) is 0 Å². The van der Waals surface area contributed by atoms with Crippen molar-refractivity contribution in [3.05, 3.63) is 23.8 Å². The van der Waals surface area contributed by atoms with Crippen LogP contribution in [0.5, 0.6) is 5.75 Å². The Labute approximate surface area is 120 Å². The molecule has 0 aliphatic carbocycles. The van der Waals surface area contributed by atoms with Crippen molar-refractivity contribution < 1.29 is 9.53 Å². The van der Waals surface area contributed by atoms with Gasteiger partial charge in [0, 0.05) is 12.2 Å². The first-order valence-corrected chi connectivity index (χ1v) is 7.15. The van der Waals surface area contributed by atoms with Crippen molar-refractivity contribution in [3.8, 4) is 5.75 Å². The molecule has 0 radical (unpaired) electrons. The zero-order valence-electron chi connectivity index (χ0n) is 12.0. The molecule has 1 aliphatic rings. The highest BCUT2D eigenvalue weighted by Gasteiger charge is 2.11. The molecule has 1 amide bonds. The summed E-state index contributed by atoms with van der Waals surface area (Å²) in [4.78, 5) is 13.6. The minimum Gasteiger partial charge on any atom is -0.492 e. The molecule has 110 valence electrons. The summed E-state index contributed by atoms with van der Waals surface area (Å²) >= 11 is 0. The zero-order chi connectivity index (χ0) is 14.4. The Morgan fingerprint density at radius 2 is 2.15 bits per heavy atom. The highest BCUT2D eigenvalue weighted by atomic mass is 16.5. The second kappa shape index (κ2) is 7.26. The molecule has 5 nitrogen and oxygen atoms in total. The van der Waals surface area contributed by atoms with E-state index in [2.05, 4.69) is 10.2 Å². The van der Waals surface area contributed by atoms with E-state index in [9.17, 15) is 4.79 Å². The number of benzene rings is 1. The number of nitrogens with zero attached hydrogens (tertiary/aromatic N) is 1. The van der Waals surface area contributed by atoms with E-state index >= 15 is 0 Å². The molecular formula is C15H23N3O2. The fourth-order valence-electron chi connectivity index (χ4n) is 2.39. The van der Waals surface area contributed by atoms with Crippen LogP contribution >= 0.6 is 0 Å². The van der Waals surface area contributed by atoms with Gasteiger partial charge in [-0.1, -0.05) is 0 Å². The second-order valence-electron chi connectivity index (χ2n) is 5.13. The van der Waals surface area contributed by atoms with Crippen molar-refractivity contribution in [1.82, 2.24) is 4.90 Å². The van der Waals surface area contributed by atoms with Crippen LogP contribution in [0.2, 0.25) is 0 Å². The van der Waals surface area contributed by atoms with E-state index in [0.29, 0.717) is 6.61 Å². The Morgan fingerprint density at radius 3 is 2.80 bits per heavy atom. The van der Waals surface area contributed by atoms with E-state index in [1.807, 2.05) is 25.1 Å². The zero-order valence-corrected chi connectivity index (χ0v) is 12.0. The summed E-state index contributed by atoms with van der Waals surface area (Å²) in [5.74, 6) is 0.682. The average Bonchev–Trinajstić information content (AvgIpc) is 2.94. The van der Waals surface area contributed by atoms with E-state index in [0.717, 1.165) is 23.5 Å². The van der Waals surface area contributed by atoms with Gasteiger partial charge in [-0.2, -0.15) is 0 Å². The van der Waals surface area contributed by atoms with E-state index in [1.165, 1.54) is 25.9 Å². The van der Waals surface area contributed by atoms with Gasteiger partial charge in [0.25, 0.3) is 0 Å². The molecule has 1 aromatic rings. The Balaban J connectivity index is 1.83. The van der Waals surface area contributed by atoms with Crippen molar-refractivity contribution in [2.75, 3.05) is 38.1 Å². The Kier molecular flexibility index (Phi) is 5.38. The summed E-state index contributed by atoms with van der Waals surface area (Å²) in [6.45, 7) is 6.02. The van der Waals surface area contributed by atoms with Crippen LogP contribution in [0, 0.1) is 6.92 Å². The second-order valence-corrected chi connectivity index (χ2v) is 5.13. The van der Waals surface area contributed by atoms with Crippen LogP contribution in [-0.2, 0) is 4.79 Å². The molecule has 1 aromatic carbocycles. The van der Waals surface area contributed by atoms with Gasteiger partial charge >= 0.3 is 0 Å². The number of nitrogens with one attached hydrogen (secondary N) is 1. The Morgan fingerprint density at radius 1 is 1.40 bits per heavy atom. The number of hydrogen-bond acceptors (Lipinski definition) is 4. The third-order valence-electron chi connectivity index (χ3n) is 3.51. The maximum atomic E-state index is 11.2. The third-order valence-corrected chi connectivity index (χ3v) is 3.51. The first kappa shape index (κ1) is 14.8. The number of hydrogen-bond donors (Lipinski definition) is 2. The van der Waals surface area contributed by atoms with E-state index < -0.39 is 0 Å². The fourth-order valence-corrected chi connectivity index (χ4v) is 2.39. The van der Waals surface area contributed by atoms with E-state index in [4.69, 9.17) is 10.5 Å². The number of nitrogens with two attached hydrogens (primary N) is 1. The molecule has 20 heavy (non-hydrogen) atoms. The molecule has 1 aliphatic heterocycles. The van der Waals surface area contributed by atoms with Crippen molar-refractivity contribution in [2.24, 2.45) is 5.73 Å². The third kappa shape index (κ3) is 4.21. The lowest BCUT2D eigenvalue weighted by atomic mass is 10.2. The molecule has 0 spiro atoms. The molecule has 0 saturated carbocycles. The molecule has 0 aromatic heterocycles. The number of ether oxygens (including phenoxy) is 1. The molecule has 1 heterocycles. The first-order valence-electron chi connectivity index (χ1n) is 7.15. The molecule has 2 rings (SSSR count). The summed E-state index contributed by atoms with van der Waals surface area (Å²) < 4.78 is 5.81. The van der Waals surface area contributed by atoms with Gasteiger partial charge in [0.1, 0.15) is 12.4 Å². The van der Waals surface area contributed by atoms with E-state index in [-0.39, 0.29) is 12.5 Å². The van der Waals surface area contributed by atoms with Gasteiger partial charge in [0.05, 0.1) is 6.54 Å². The Bertz CT molecular complexity index is 456. The SMILES string of the molecule is Cc1cc(NC(=O)CN)ccc1OCCN1CCCC1. The van der Waals surface area contributed by atoms with Gasteiger partial charge < -0.3 is 15.8 Å². The molecule has 3 N–H and O–H groups in total. The van der Waals surface area contributed by atoms with Gasteiger partial charge in [0.2, 0.25) is 5.91 Å². The van der Waals surface area contributed by atoms with Crippen LogP contribution in [0.25, 0.3) is 0 Å². The Hall–Kier alpha value is -1.59. The number of carbonyl (C=O) groups is 1. The molecule has 1 saturated heterocycles. The van der Waals surface area contributed by atoms with Crippen LogP contribution in [0.15, 0.2) is 18.2 Å². The van der Waals surface area contributed by atoms with Gasteiger partial charge in [-0.15, -0.1) is 0 Å². The van der Waals surface area contributed by atoms with Crippen LogP contribution in [0.4, 0.5) is 5.69 Å². The van der Waals surface area contributed by atoms with Gasteiger partial charge in [-0.3, -0.25) is 9.69 Å². The summed E-state index contributed by atoms with van der Waals surface area (Å²) in [6, 6.07) is 5.63. The fraction of sp³-hybridized carbons (Fsp3) is 0.533. The van der Waals surface area contributed by atoms with Crippen LogP contribution in [0.1, 0.15) is 18.4 Å². The van der Waals surface area contributed by atoms with Gasteiger partial charge in [0.15, 0.2) is 0 Å². The predicted octanol–water partition coefficient (Wildman–Crippen LogP) is 1.37. The number of anilines is 1. The first-order chi connectivity index (χ1) is 9.69. The topological polar surface area (TPSA) is 67.6 Å². The number of aryl methyl sites for hydroxylation is 1. The number of likely N-dealkylation sites (tertiary alicyclic amines) is 1. The molecule has 0 bridgehead atoms. The largest absolute Gasteiger partial charge is 0.492 e. The van der Waals surface area contributed by atoms with Crippen molar-refractivity contribution >= 4 is 11.6 Å². The van der Waals surface area contributed by atoms with Crippen molar-refractivity contribution in [1.29, 1.82) is 0 Å². The number of rotatable bonds is 6. The molecule has 1 fully saturated rings. The van der Waals surface area contributed by atoms with Gasteiger partial charge in [-0.05, 0) is 56.6 Å². The monoisotopic (exact) mass is 277 g/mol. The molecule has 0 unspecified atom stereocenters. The summed E-state index contributed by atoms with van der Waals surface area (Å²) in [5, 5.41) is 2.73. The summed E-state index contributed by atoms with van der Waals surface area (Å²) in [7, 11) is 0. The number of carbonyl (C=O) groups excluding carboxylic acids is 1. The van der Waals surface area contributed by atoms with E-state index in [1.54, 1.807) is 0 Å². The minimum atomic E-state index is -0.188. The lowest BCUT2D eigenvalue weighted by Gasteiger charge is -2.16. The summed E-state index contributed by atoms with van der Waals surface area (Å²) in [6.07, 6.45) is 2.60. The molecular weight excluding hydrogens is 254 g/mol. The standard InChI is InChI=1S/C15H23N3O2/c1-12-10-13(17-15(19)11-16)4-5-14(12)20-9-8-18-6-2-3-7-18/h4-5,10H,2-3,6-9,11,16H2,1H3,(H,17,19). The van der Waals surface area contributed by atoms with Crippen LogP contribution in [0.3, 0.4) is 0 Å². The number of amides is 1. The minimum absolute atomic E-state index is 0.00681. The van der Waals surface area contributed by atoms with Crippen LogP contribution in [-0.4, -0.2) is 43.6 Å². The van der Waals surface area contributed by atoms with Crippen LogP contribution < -0.4 is 15.8 Å². The highest BCUT2D eigenvalue weighted by Crippen LogP contribution is 2.22. The maximum Gasteiger partial charge on any atom is 0.238 e.